The highest BCUT2D eigenvalue weighted by atomic mass is 32.1. The highest BCUT2D eigenvalue weighted by molar-refractivity contribution is 7.80. The van der Waals surface area contributed by atoms with E-state index >= 15 is 0 Å². The van der Waals surface area contributed by atoms with Gasteiger partial charge >= 0.3 is 0 Å². The van der Waals surface area contributed by atoms with Gasteiger partial charge in [-0.3, -0.25) is 4.79 Å². The van der Waals surface area contributed by atoms with Crippen LogP contribution in [-0.4, -0.2) is 16.9 Å². The highest BCUT2D eigenvalue weighted by Crippen LogP contribution is 2.37. The Hall–Kier alpha value is -0.640. The van der Waals surface area contributed by atoms with Gasteiger partial charge in [0, 0.05) is 5.41 Å². The number of carbonyl (C=O) groups is 1. The number of amides is 1. The molecule has 1 unspecified atom stereocenters. The van der Waals surface area contributed by atoms with Crippen LogP contribution in [0.25, 0.3) is 0 Å². The molecule has 1 fully saturated rings. The molecule has 0 saturated heterocycles. The summed E-state index contributed by atoms with van der Waals surface area (Å²) in [6.07, 6.45) is 5.01. The third-order valence-corrected chi connectivity index (χ3v) is 3.60. The summed E-state index contributed by atoms with van der Waals surface area (Å²) in [6, 6.07) is -0.148. The van der Waals surface area contributed by atoms with Gasteiger partial charge in [-0.2, -0.15) is 0 Å². The van der Waals surface area contributed by atoms with E-state index in [2.05, 4.69) is 5.32 Å². The first-order valence-electron chi connectivity index (χ1n) is 5.60. The lowest BCUT2D eigenvalue weighted by molar-refractivity contribution is -0.130. The lowest BCUT2D eigenvalue weighted by Crippen LogP contribution is -2.48. The Morgan fingerprint density at radius 3 is 2.47 bits per heavy atom. The zero-order valence-electron chi connectivity index (χ0n) is 9.51. The molecular weight excluding hydrogens is 208 g/mol. The second-order valence-electron chi connectivity index (χ2n) is 4.60. The molecule has 0 radical (unpaired) electrons. The minimum atomic E-state index is -0.196. The Morgan fingerprint density at radius 1 is 1.53 bits per heavy atom. The van der Waals surface area contributed by atoms with Crippen molar-refractivity contribution in [1.82, 2.24) is 5.32 Å². The van der Waals surface area contributed by atoms with Crippen molar-refractivity contribution in [2.75, 3.05) is 0 Å². The van der Waals surface area contributed by atoms with Crippen molar-refractivity contribution in [3.05, 3.63) is 0 Å². The van der Waals surface area contributed by atoms with Gasteiger partial charge in [0.1, 0.15) is 0 Å². The molecule has 15 heavy (non-hydrogen) atoms. The van der Waals surface area contributed by atoms with Crippen LogP contribution in [0, 0.1) is 5.41 Å². The monoisotopic (exact) mass is 228 g/mol. The summed E-state index contributed by atoms with van der Waals surface area (Å²) in [5, 5.41) is 2.94. The Bertz CT molecular complexity index is 259. The van der Waals surface area contributed by atoms with Gasteiger partial charge in [0.2, 0.25) is 5.91 Å². The van der Waals surface area contributed by atoms with E-state index in [1.165, 1.54) is 0 Å². The fourth-order valence-electron chi connectivity index (χ4n) is 2.09. The second kappa shape index (κ2) is 4.92. The van der Waals surface area contributed by atoms with Crippen LogP contribution >= 0.6 is 12.2 Å². The fraction of sp³-hybridized carbons (Fsp3) is 0.818. The summed E-state index contributed by atoms with van der Waals surface area (Å²) in [5.74, 6) is 0.111. The van der Waals surface area contributed by atoms with Gasteiger partial charge < -0.3 is 11.1 Å². The van der Waals surface area contributed by atoms with Gasteiger partial charge in [0.15, 0.2) is 0 Å². The smallest absolute Gasteiger partial charge is 0.226 e. The van der Waals surface area contributed by atoms with E-state index in [1.807, 2.05) is 13.8 Å². The molecule has 0 aromatic rings. The van der Waals surface area contributed by atoms with Crippen LogP contribution in [0.3, 0.4) is 0 Å². The van der Waals surface area contributed by atoms with Gasteiger partial charge in [-0.05, 0) is 19.3 Å². The summed E-state index contributed by atoms with van der Waals surface area (Å²) in [5.41, 5.74) is 5.36. The van der Waals surface area contributed by atoms with Crippen LogP contribution in [0.2, 0.25) is 0 Å². The number of nitrogens with two attached hydrogens (primary N) is 1. The number of hydrogen-bond donors (Lipinski definition) is 2. The lowest BCUT2D eigenvalue weighted by atomic mass is 9.87. The molecule has 86 valence electrons. The molecule has 1 atom stereocenters. The number of thiocarbonyl (C=S) groups is 1. The third kappa shape index (κ3) is 2.91. The van der Waals surface area contributed by atoms with Crippen molar-refractivity contribution >= 4 is 23.1 Å². The zero-order chi connectivity index (χ0) is 11.5. The van der Waals surface area contributed by atoms with Crippen molar-refractivity contribution in [2.24, 2.45) is 11.1 Å². The average molecular weight is 228 g/mol. The van der Waals surface area contributed by atoms with Crippen LogP contribution < -0.4 is 11.1 Å². The maximum Gasteiger partial charge on any atom is 0.226 e. The number of rotatable bonds is 4. The molecule has 0 heterocycles. The molecule has 3 N–H and O–H groups in total. The SMILES string of the molecule is CCC(NC(=O)C1(C)CCCC1)C(N)=S. The Labute approximate surface area is 96.8 Å². The zero-order valence-corrected chi connectivity index (χ0v) is 10.3. The summed E-state index contributed by atoms with van der Waals surface area (Å²) in [7, 11) is 0. The van der Waals surface area contributed by atoms with Crippen LogP contribution in [0.1, 0.15) is 46.0 Å². The minimum Gasteiger partial charge on any atom is -0.392 e. The van der Waals surface area contributed by atoms with Gasteiger partial charge in [0.25, 0.3) is 0 Å². The summed E-state index contributed by atoms with van der Waals surface area (Å²) < 4.78 is 0. The largest absolute Gasteiger partial charge is 0.392 e. The van der Waals surface area contributed by atoms with Crippen LogP contribution in [0.4, 0.5) is 0 Å². The summed E-state index contributed by atoms with van der Waals surface area (Å²) in [4.78, 5) is 12.4. The summed E-state index contributed by atoms with van der Waals surface area (Å²) >= 11 is 4.91. The lowest BCUT2D eigenvalue weighted by Gasteiger charge is -2.25. The van der Waals surface area contributed by atoms with E-state index in [0.29, 0.717) is 4.99 Å². The Balaban J connectivity index is 2.57. The van der Waals surface area contributed by atoms with Crippen molar-refractivity contribution in [2.45, 2.75) is 52.0 Å². The van der Waals surface area contributed by atoms with E-state index in [-0.39, 0.29) is 17.4 Å². The van der Waals surface area contributed by atoms with Crippen LogP contribution in [0.5, 0.6) is 0 Å². The normalized spacial score (nSPS) is 20.9. The molecule has 1 rings (SSSR count). The molecule has 0 spiro atoms. The minimum absolute atomic E-state index is 0.111. The molecule has 1 aliphatic carbocycles. The molecule has 1 amide bonds. The van der Waals surface area contributed by atoms with Crippen molar-refractivity contribution in [1.29, 1.82) is 0 Å². The molecule has 0 aliphatic heterocycles. The van der Waals surface area contributed by atoms with E-state index in [9.17, 15) is 4.79 Å². The van der Waals surface area contributed by atoms with Crippen LogP contribution in [-0.2, 0) is 4.79 Å². The fourth-order valence-corrected chi connectivity index (χ4v) is 2.31. The highest BCUT2D eigenvalue weighted by Gasteiger charge is 2.37. The first-order chi connectivity index (χ1) is 6.99. The quantitative estimate of drug-likeness (QED) is 0.721. The Kier molecular flexibility index (Phi) is 4.08. The molecule has 0 aromatic heterocycles. The maximum atomic E-state index is 12.0. The van der Waals surface area contributed by atoms with Gasteiger partial charge in [0.05, 0.1) is 11.0 Å². The molecule has 1 saturated carbocycles. The predicted octanol–water partition coefficient (Wildman–Crippen LogP) is 1.75. The average Bonchev–Trinajstić information content (AvgIpc) is 2.61. The van der Waals surface area contributed by atoms with Gasteiger partial charge in [-0.1, -0.05) is 38.9 Å². The van der Waals surface area contributed by atoms with Crippen molar-refractivity contribution < 1.29 is 4.79 Å². The number of nitrogens with one attached hydrogen (secondary N) is 1. The van der Waals surface area contributed by atoms with E-state index < -0.39 is 0 Å². The third-order valence-electron chi connectivity index (χ3n) is 3.31. The van der Waals surface area contributed by atoms with E-state index in [1.54, 1.807) is 0 Å². The summed E-state index contributed by atoms with van der Waals surface area (Å²) in [6.45, 7) is 4.00. The first-order valence-corrected chi connectivity index (χ1v) is 6.00. The number of hydrogen-bond acceptors (Lipinski definition) is 2. The first kappa shape index (κ1) is 12.4. The molecule has 3 nitrogen and oxygen atoms in total. The van der Waals surface area contributed by atoms with Crippen molar-refractivity contribution in [3.63, 3.8) is 0 Å². The Morgan fingerprint density at radius 2 is 2.07 bits per heavy atom. The van der Waals surface area contributed by atoms with Crippen molar-refractivity contribution in [3.8, 4) is 0 Å². The topological polar surface area (TPSA) is 55.1 Å². The molecule has 1 aliphatic rings. The molecule has 0 aromatic carbocycles. The maximum absolute atomic E-state index is 12.0. The number of carbonyl (C=O) groups excluding carboxylic acids is 1. The van der Waals surface area contributed by atoms with Crippen LogP contribution in [0.15, 0.2) is 0 Å². The van der Waals surface area contributed by atoms with Gasteiger partial charge in [-0.25, -0.2) is 0 Å². The van der Waals surface area contributed by atoms with E-state index in [0.717, 1.165) is 32.1 Å². The van der Waals surface area contributed by atoms with Gasteiger partial charge in [-0.15, -0.1) is 0 Å². The molecule has 4 heteroatoms. The predicted molar refractivity (Wildman–Crippen MR) is 65.6 cm³/mol. The molecule has 0 bridgehead atoms. The van der Waals surface area contributed by atoms with E-state index in [4.69, 9.17) is 18.0 Å². The molecular formula is C11H20N2OS. The standard InChI is InChI=1S/C11H20N2OS/c1-3-8(9(12)15)13-10(14)11(2)6-4-5-7-11/h8H,3-7H2,1-2H3,(H2,12,15)(H,13,14). The second-order valence-corrected chi connectivity index (χ2v) is 5.08.